The van der Waals surface area contributed by atoms with Crippen molar-refractivity contribution < 1.29 is 19.2 Å². The number of rotatable bonds is 7. The Morgan fingerprint density at radius 1 is 1.24 bits per heavy atom. The normalized spacial score (nSPS) is 10.0. The van der Waals surface area contributed by atoms with E-state index in [9.17, 15) is 19.7 Å². The first-order valence-corrected chi connectivity index (χ1v) is 6.64. The van der Waals surface area contributed by atoms with E-state index in [-0.39, 0.29) is 31.2 Å². The molecule has 0 aliphatic rings. The molecule has 1 amide bonds. The molecule has 0 unspecified atom stereocenters. The van der Waals surface area contributed by atoms with E-state index in [1.165, 1.54) is 29.2 Å². The van der Waals surface area contributed by atoms with Crippen molar-refractivity contribution in [2.75, 3.05) is 19.7 Å². The minimum atomic E-state index is -0.495. The number of carbonyl (C=O) groups excluding carboxylic acids is 2. The average molecular weight is 294 g/mol. The second-order valence-electron chi connectivity index (χ2n) is 4.31. The molecule has 0 saturated heterocycles. The molecule has 1 rings (SSSR count). The van der Waals surface area contributed by atoms with Crippen molar-refractivity contribution in [3.05, 3.63) is 39.9 Å². The van der Waals surface area contributed by atoms with Crippen LogP contribution in [0.3, 0.4) is 0 Å². The van der Waals surface area contributed by atoms with Crippen LogP contribution in [-0.4, -0.2) is 41.4 Å². The molecule has 0 heterocycles. The lowest BCUT2D eigenvalue weighted by molar-refractivity contribution is -0.384. The topological polar surface area (TPSA) is 89.8 Å². The summed E-state index contributed by atoms with van der Waals surface area (Å²) in [4.78, 5) is 34.9. The number of likely N-dealkylation sites (N-methyl/N-ethyl adjacent to an activating group) is 1. The summed E-state index contributed by atoms with van der Waals surface area (Å²) in [5.41, 5.74) is 0.637. The molecule has 114 valence electrons. The summed E-state index contributed by atoms with van der Waals surface area (Å²) in [6.07, 6.45) is 0.0885. The first-order chi connectivity index (χ1) is 9.97. The van der Waals surface area contributed by atoms with Crippen molar-refractivity contribution in [3.8, 4) is 0 Å². The van der Waals surface area contributed by atoms with Gasteiger partial charge in [-0.2, -0.15) is 0 Å². The molecule has 0 radical (unpaired) electrons. The number of hydrogen-bond donors (Lipinski definition) is 0. The third-order valence-electron chi connectivity index (χ3n) is 2.86. The van der Waals surface area contributed by atoms with Crippen LogP contribution in [0.15, 0.2) is 24.3 Å². The zero-order valence-corrected chi connectivity index (χ0v) is 12.1. The van der Waals surface area contributed by atoms with Crippen molar-refractivity contribution in [2.24, 2.45) is 0 Å². The van der Waals surface area contributed by atoms with Crippen LogP contribution in [0.25, 0.3) is 0 Å². The minimum Gasteiger partial charge on any atom is -0.465 e. The Morgan fingerprint density at radius 2 is 1.86 bits per heavy atom. The van der Waals surface area contributed by atoms with E-state index < -0.39 is 10.9 Å². The number of hydrogen-bond acceptors (Lipinski definition) is 5. The quantitative estimate of drug-likeness (QED) is 0.432. The van der Waals surface area contributed by atoms with Gasteiger partial charge in [-0.25, -0.2) is 0 Å². The summed E-state index contributed by atoms with van der Waals surface area (Å²) < 4.78 is 4.81. The maximum Gasteiger partial charge on any atom is 0.325 e. The summed E-state index contributed by atoms with van der Waals surface area (Å²) >= 11 is 0. The van der Waals surface area contributed by atoms with Crippen molar-refractivity contribution >= 4 is 17.6 Å². The third kappa shape index (κ3) is 5.21. The highest BCUT2D eigenvalue weighted by Crippen LogP contribution is 2.13. The largest absolute Gasteiger partial charge is 0.465 e. The zero-order valence-electron chi connectivity index (χ0n) is 12.1. The fraction of sp³-hybridized carbons (Fsp3) is 0.429. The third-order valence-corrected chi connectivity index (χ3v) is 2.86. The number of amides is 1. The molecule has 7 heteroatoms. The molecule has 0 aliphatic heterocycles. The average Bonchev–Trinajstić information content (AvgIpc) is 2.45. The molecule has 0 saturated carbocycles. The molecular weight excluding hydrogens is 276 g/mol. The number of esters is 1. The smallest absolute Gasteiger partial charge is 0.325 e. The van der Waals surface area contributed by atoms with Crippen LogP contribution in [0.5, 0.6) is 0 Å². The Balaban J connectivity index is 2.65. The van der Waals surface area contributed by atoms with Crippen LogP contribution >= 0.6 is 0 Å². The predicted molar refractivity (Wildman–Crippen MR) is 75.7 cm³/mol. The Kier molecular flexibility index (Phi) is 6.32. The number of nitro groups is 1. The van der Waals surface area contributed by atoms with Crippen LogP contribution < -0.4 is 0 Å². The lowest BCUT2D eigenvalue weighted by atomic mass is 10.1. The van der Waals surface area contributed by atoms with Crippen LogP contribution in [0.1, 0.15) is 19.4 Å². The van der Waals surface area contributed by atoms with Gasteiger partial charge >= 0.3 is 5.97 Å². The number of non-ortho nitro benzene ring substituents is 1. The molecule has 1 aromatic carbocycles. The standard InChI is InChI=1S/C14H18N2O5/c1-3-15(10-14(18)21-4-2)13(17)9-11-5-7-12(8-6-11)16(19)20/h5-8H,3-4,9-10H2,1-2H3. The summed E-state index contributed by atoms with van der Waals surface area (Å²) in [6.45, 7) is 4.05. The number of benzene rings is 1. The second-order valence-corrected chi connectivity index (χ2v) is 4.31. The van der Waals surface area contributed by atoms with Gasteiger partial charge in [0.05, 0.1) is 18.0 Å². The fourth-order valence-electron chi connectivity index (χ4n) is 1.76. The first-order valence-electron chi connectivity index (χ1n) is 6.64. The monoisotopic (exact) mass is 294 g/mol. The zero-order chi connectivity index (χ0) is 15.8. The van der Waals surface area contributed by atoms with Crippen LogP contribution in [-0.2, 0) is 20.7 Å². The molecule has 1 aromatic rings. The highest BCUT2D eigenvalue weighted by atomic mass is 16.6. The molecular formula is C14H18N2O5. The van der Waals surface area contributed by atoms with Gasteiger partial charge < -0.3 is 9.64 Å². The lowest BCUT2D eigenvalue weighted by Gasteiger charge is -2.19. The first kappa shape index (κ1) is 16.6. The van der Waals surface area contributed by atoms with Crippen molar-refractivity contribution in [3.63, 3.8) is 0 Å². The Bertz CT molecular complexity index is 513. The summed E-state index contributed by atoms with van der Waals surface area (Å²) in [5.74, 6) is -0.671. The Morgan fingerprint density at radius 3 is 2.33 bits per heavy atom. The van der Waals surface area contributed by atoms with Gasteiger partial charge in [0.1, 0.15) is 6.54 Å². The number of nitro benzene ring substituents is 1. The van der Waals surface area contributed by atoms with Gasteiger partial charge in [0.15, 0.2) is 0 Å². The fourth-order valence-corrected chi connectivity index (χ4v) is 1.76. The summed E-state index contributed by atoms with van der Waals surface area (Å²) in [7, 11) is 0. The molecule has 0 spiro atoms. The van der Waals surface area contributed by atoms with Gasteiger partial charge in [-0.3, -0.25) is 19.7 Å². The second kappa shape index (κ2) is 7.98. The van der Waals surface area contributed by atoms with Crippen LogP contribution in [0, 0.1) is 10.1 Å². The SMILES string of the molecule is CCOC(=O)CN(CC)C(=O)Cc1ccc([N+](=O)[O-])cc1. The highest BCUT2D eigenvalue weighted by Gasteiger charge is 2.17. The van der Waals surface area contributed by atoms with E-state index in [1.54, 1.807) is 13.8 Å². The molecule has 0 bridgehead atoms. The molecule has 0 aromatic heterocycles. The van der Waals surface area contributed by atoms with Gasteiger partial charge in [0.2, 0.25) is 5.91 Å². The van der Waals surface area contributed by atoms with Crippen molar-refractivity contribution in [2.45, 2.75) is 20.3 Å². The van der Waals surface area contributed by atoms with E-state index in [1.807, 2.05) is 0 Å². The van der Waals surface area contributed by atoms with E-state index in [0.29, 0.717) is 12.1 Å². The molecule has 0 fully saturated rings. The molecule has 0 N–H and O–H groups in total. The van der Waals surface area contributed by atoms with Gasteiger partial charge in [-0.15, -0.1) is 0 Å². The van der Waals surface area contributed by atoms with Crippen molar-refractivity contribution in [1.29, 1.82) is 0 Å². The Hall–Kier alpha value is -2.44. The molecule has 7 nitrogen and oxygen atoms in total. The molecule has 0 aliphatic carbocycles. The minimum absolute atomic E-state index is 0.0231. The van der Waals surface area contributed by atoms with Crippen LogP contribution in [0.2, 0.25) is 0 Å². The van der Waals surface area contributed by atoms with E-state index in [0.717, 1.165) is 0 Å². The molecule has 21 heavy (non-hydrogen) atoms. The van der Waals surface area contributed by atoms with Crippen LogP contribution in [0.4, 0.5) is 5.69 Å². The number of carbonyl (C=O) groups is 2. The van der Waals surface area contributed by atoms with Gasteiger partial charge in [0, 0.05) is 18.7 Å². The predicted octanol–water partition coefficient (Wildman–Crippen LogP) is 1.55. The van der Waals surface area contributed by atoms with E-state index in [2.05, 4.69) is 0 Å². The maximum absolute atomic E-state index is 12.1. The van der Waals surface area contributed by atoms with Gasteiger partial charge in [-0.05, 0) is 19.4 Å². The number of nitrogens with zero attached hydrogens (tertiary/aromatic N) is 2. The molecule has 0 atom stereocenters. The Labute approximate surface area is 122 Å². The van der Waals surface area contributed by atoms with E-state index in [4.69, 9.17) is 4.74 Å². The van der Waals surface area contributed by atoms with E-state index >= 15 is 0 Å². The lowest BCUT2D eigenvalue weighted by Crippen LogP contribution is -2.37. The summed E-state index contributed by atoms with van der Waals surface area (Å²) in [6, 6.07) is 5.77. The summed E-state index contributed by atoms with van der Waals surface area (Å²) in [5, 5.41) is 10.6. The van der Waals surface area contributed by atoms with Gasteiger partial charge in [-0.1, -0.05) is 12.1 Å². The van der Waals surface area contributed by atoms with Gasteiger partial charge in [0.25, 0.3) is 5.69 Å². The maximum atomic E-state index is 12.1. The van der Waals surface area contributed by atoms with Crippen molar-refractivity contribution in [1.82, 2.24) is 4.90 Å². The highest BCUT2D eigenvalue weighted by molar-refractivity contribution is 5.83. The number of ether oxygens (including phenoxy) is 1.